The Bertz CT molecular complexity index is 749. The van der Waals surface area contributed by atoms with Gasteiger partial charge in [-0.1, -0.05) is 18.2 Å². The van der Waals surface area contributed by atoms with Crippen LogP contribution in [0.1, 0.15) is 11.8 Å². The number of carboxylic acids is 1. The number of hydrogen-bond donors (Lipinski definition) is 1. The Morgan fingerprint density at radius 3 is 2.61 bits per heavy atom. The van der Waals surface area contributed by atoms with Crippen LogP contribution < -0.4 is 29.6 Å². The van der Waals surface area contributed by atoms with Gasteiger partial charge in [-0.2, -0.15) is 0 Å². The van der Waals surface area contributed by atoms with Gasteiger partial charge in [0.2, 0.25) is 0 Å². The van der Waals surface area contributed by atoms with Gasteiger partial charge in [0, 0.05) is 23.2 Å². The monoisotopic (exact) mass is 248 g/mol. The van der Waals surface area contributed by atoms with Gasteiger partial charge in [-0.3, -0.25) is 9.97 Å². The van der Waals surface area contributed by atoms with Crippen LogP contribution in [0.5, 0.6) is 0 Å². The second-order valence-corrected chi connectivity index (χ2v) is 3.70. The predicted molar refractivity (Wildman–Crippen MR) is 65.1 cm³/mol. The second kappa shape index (κ2) is 5.02. The van der Waals surface area contributed by atoms with Crippen LogP contribution >= 0.6 is 0 Å². The summed E-state index contributed by atoms with van der Waals surface area (Å²) >= 11 is 0. The molecule has 1 N–H and O–H groups in total. The molecule has 5 heteroatoms. The van der Waals surface area contributed by atoms with Gasteiger partial charge in [-0.05, 0) is 12.1 Å². The molecule has 0 spiro atoms. The quantitative estimate of drug-likeness (QED) is 0.470. The van der Waals surface area contributed by atoms with Crippen LogP contribution in [0.25, 0.3) is 21.8 Å². The molecule has 84 valence electrons. The zero-order valence-electron chi connectivity index (χ0n) is 10.8. The zero-order valence-corrected chi connectivity index (χ0v) is 11.8. The summed E-state index contributed by atoms with van der Waals surface area (Å²) in [5, 5.41) is 10.7. The average molecular weight is 248 g/mol. The molecule has 2 aromatic heterocycles. The minimum absolute atomic E-state index is 0. The van der Waals surface area contributed by atoms with Gasteiger partial charge in [0.25, 0.3) is 0 Å². The normalized spacial score (nSPS) is 10.2. The summed E-state index contributed by atoms with van der Waals surface area (Å²) < 4.78 is 0. The Labute approximate surface area is 126 Å². The van der Waals surface area contributed by atoms with Gasteiger partial charge in [-0.15, -0.1) is 0 Å². The van der Waals surface area contributed by atoms with Crippen LogP contribution in [0.4, 0.5) is 0 Å². The van der Waals surface area contributed by atoms with Crippen molar-refractivity contribution in [3.05, 3.63) is 48.3 Å². The number of fused-ring (bicyclic) bond motifs is 3. The second-order valence-electron chi connectivity index (χ2n) is 3.70. The van der Waals surface area contributed by atoms with Crippen molar-refractivity contribution in [3.8, 4) is 0 Å². The van der Waals surface area contributed by atoms with Crippen LogP contribution in [-0.2, 0) is 0 Å². The van der Waals surface area contributed by atoms with E-state index in [-0.39, 0.29) is 36.5 Å². The van der Waals surface area contributed by atoms with Crippen molar-refractivity contribution in [2.45, 2.75) is 0 Å². The molecule has 0 aliphatic rings. The molecule has 0 fully saturated rings. The van der Waals surface area contributed by atoms with E-state index in [1.54, 1.807) is 12.3 Å². The molecule has 3 rings (SSSR count). The predicted octanol–water partition coefficient (Wildman–Crippen LogP) is -0.402. The Morgan fingerprint density at radius 2 is 1.83 bits per heavy atom. The summed E-state index contributed by atoms with van der Waals surface area (Å²) in [5.74, 6) is -0.951. The molecule has 1 aromatic carbocycles. The molecule has 4 nitrogen and oxygen atoms in total. The molecule has 0 saturated carbocycles. The number of pyridine rings is 2. The maximum absolute atomic E-state index is 11.1. The molecule has 0 unspecified atom stereocenters. The Balaban J connectivity index is 0.000000902. The van der Waals surface area contributed by atoms with Crippen molar-refractivity contribution in [1.82, 2.24) is 9.97 Å². The minimum atomic E-state index is -0.951. The summed E-state index contributed by atoms with van der Waals surface area (Å²) in [6.45, 7) is 0. The van der Waals surface area contributed by atoms with Gasteiger partial charge < -0.3 is 6.53 Å². The number of rotatable bonds is 1. The van der Waals surface area contributed by atoms with E-state index in [9.17, 15) is 4.79 Å². The summed E-state index contributed by atoms with van der Waals surface area (Å²) in [6, 6.07) is 8.90. The van der Waals surface area contributed by atoms with E-state index in [1.807, 2.05) is 18.2 Å². The SMILES string of the molecule is O=C(O)c1ccnc2c1ccc1cccnc12.[H-].[Na+]. The van der Waals surface area contributed by atoms with Crippen molar-refractivity contribution in [2.24, 2.45) is 0 Å². The third-order valence-corrected chi connectivity index (χ3v) is 2.71. The first-order chi connectivity index (χ1) is 8.27. The molecule has 2 heterocycles. The van der Waals surface area contributed by atoms with Crippen LogP contribution in [0, 0.1) is 0 Å². The molecule has 0 bridgehead atoms. The fraction of sp³-hybridized carbons (Fsp3) is 0. The number of aromatic carboxylic acids is 1. The van der Waals surface area contributed by atoms with Crippen molar-refractivity contribution < 1.29 is 40.9 Å². The fourth-order valence-corrected chi connectivity index (χ4v) is 1.94. The topological polar surface area (TPSA) is 63.1 Å². The number of carbonyl (C=O) groups is 1. The third-order valence-electron chi connectivity index (χ3n) is 2.71. The molecule has 18 heavy (non-hydrogen) atoms. The van der Waals surface area contributed by atoms with Gasteiger partial charge in [0.15, 0.2) is 0 Å². The standard InChI is InChI=1S/C13H8N2O2.Na.H/c16-13(17)10-5-7-15-12-9(10)4-3-8-2-1-6-14-11(8)12;;/h1-7H,(H,16,17);;/q;+1;-1. The smallest absolute Gasteiger partial charge is 1.00 e. The van der Waals surface area contributed by atoms with Crippen molar-refractivity contribution >= 4 is 27.8 Å². The van der Waals surface area contributed by atoms with E-state index in [2.05, 4.69) is 9.97 Å². The molecule has 0 aliphatic heterocycles. The summed E-state index contributed by atoms with van der Waals surface area (Å²) in [7, 11) is 0. The van der Waals surface area contributed by atoms with Gasteiger partial charge in [0.1, 0.15) is 0 Å². The Hall–Kier alpha value is -1.49. The summed E-state index contributed by atoms with van der Waals surface area (Å²) in [6.07, 6.45) is 3.18. The van der Waals surface area contributed by atoms with Crippen LogP contribution in [0.15, 0.2) is 42.7 Å². The minimum Gasteiger partial charge on any atom is -1.00 e. The molecule has 0 aliphatic carbocycles. The zero-order chi connectivity index (χ0) is 11.8. The van der Waals surface area contributed by atoms with Crippen LogP contribution in [0.2, 0.25) is 0 Å². The molecule has 0 atom stereocenters. The number of benzene rings is 1. The molecular formula is C13H9N2NaO2. The molecular weight excluding hydrogens is 239 g/mol. The maximum atomic E-state index is 11.1. The molecule has 0 radical (unpaired) electrons. The van der Waals surface area contributed by atoms with Gasteiger partial charge in [0.05, 0.1) is 16.6 Å². The Morgan fingerprint density at radius 1 is 1.06 bits per heavy atom. The number of hydrogen-bond acceptors (Lipinski definition) is 3. The number of nitrogens with zero attached hydrogens (tertiary/aromatic N) is 2. The first-order valence-electron chi connectivity index (χ1n) is 5.13. The van der Waals surface area contributed by atoms with E-state index in [1.165, 1.54) is 12.3 Å². The number of carboxylic acid groups (broad SMARTS) is 1. The van der Waals surface area contributed by atoms with Gasteiger partial charge >= 0.3 is 35.5 Å². The van der Waals surface area contributed by atoms with E-state index in [0.717, 1.165) is 10.9 Å². The van der Waals surface area contributed by atoms with E-state index >= 15 is 0 Å². The van der Waals surface area contributed by atoms with Crippen molar-refractivity contribution in [3.63, 3.8) is 0 Å². The van der Waals surface area contributed by atoms with Crippen molar-refractivity contribution in [1.29, 1.82) is 0 Å². The van der Waals surface area contributed by atoms with Crippen LogP contribution in [0.3, 0.4) is 0 Å². The maximum Gasteiger partial charge on any atom is 1.00 e. The largest absolute Gasteiger partial charge is 1.00 e. The average Bonchev–Trinajstić information content (AvgIpc) is 2.37. The molecule has 0 saturated heterocycles. The Kier molecular flexibility index (Phi) is 3.61. The summed E-state index contributed by atoms with van der Waals surface area (Å²) in [5.41, 5.74) is 1.61. The van der Waals surface area contributed by atoms with Crippen LogP contribution in [-0.4, -0.2) is 21.0 Å². The van der Waals surface area contributed by atoms with E-state index < -0.39 is 5.97 Å². The fourth-order valence-electron chi connectivity index (χ4n) is 1.94. The molecule has 3 aromatic rings. The summed E-state index contributed by atoms with van der Waals surface area (Å²) in [4.78, 5) is 19.6. The third kappa shape index (κ3) is 1.99. The van der Waals surface area contributed by atoms with E-state index in [4.69, 9.17) is 5.11 Å². The first-order valence-corrected chi connectivity index (χ1v) is 5.13. The number of aromatic nitrogens is 2. The van der Waals surface area contributed by atoms with E-state index in [0.29, 0.717) is 10.9 Å². The van der Waals surface area contributed by atoms with Gasteiger partial charge in [-0.25, -0.2) is 4.79 Å². The van der Waals surface area contributed by atoms with Crippen molar-refractivity contribution in [2.75, 3.05) is 0 Å². The first kappa shape index (κ1) is 13.0. The molecule has 0 amide bonds.